The number of methoxy groups -OCH3 is 1. The maximum absolute atomic E-state index is 9.75. The van der Waals surface area contributed by atoms with Gasteiger partial charge in [0.15, 0.2) is 6.23 Å². The molecule has 0 amide bonds. The molecule has 4 atom stereocenters. The molecule has 2 rings (SSSR count). The number of rotatable bonds is 4. The van der Waals surface area contributed by atoms with Crippen LogP contribution in [-0.2, 0) is 4.74 Å². The number of ether oxygens (including phenoxy) is 2. The molecular weight excluding hydrogens is 238 g/mol. The number of benzene rings is 1. The molecule has 0 saturated carbocycles. The highest BCUT2D eigenvalue weighted by Crippen LogP contribution is 2.24. The molecule has 0 aromatic heterocycles. The van der Waals surface area contributed by atoms with Crippen LogP contribution in [0.4, 0.5) is 5.69 Å². The van der Waals surface area contributed by atoms with Crippen molar-refractivity contribution in [1.82, 2.24) is 0 Å². The van der Waals surface area contributed by atoms with Crippen LogP contribution in [0.15, 0.2) is 24.3 Å². The lowest BCUT2D eigenvalue weighted by Crippen LogP contribution is -2.36. The third kappa shape index (κ3) is 2.56. The van der Waals surface area contributed by atoms with Crippen LogP contribution >= 0.6 is 0 Å². The third-order valence-electron chi connectivity index (χ3n) is 2.94. The summed E-state index contributed by atoms with van der Waals surface area (Å²) in [6, 6.07) is 7.08. The lowest BCUT2D eigenvalue weighted by atomic mass is 10.1. The molecule has 4 N–H and O–H groups in total. The first-order valence-corrected chi connectivity index (χ1v) is 5.68. The molecule has 1 aliphatic heterocycles. The molecule has 0 bridgehead atoms. The summed E-state index contributed by atoms with van der Waals surface area (Å²) in [5.41, 5.74) is 0.727. The Labute approximate surface area is 105 Å². The maximum atomic E-state index is 9.75. The second kappa shape index (κ2) is 5.53. The number of hydrogen-bond acceptors (Lipinski definition) is 6. The van der Waals surface area contributed by atoms with Gasteiger partial charge in [0.2, 0.25) is 0 Å². The van der Waals surface area contributed by atoms with E-state index in [0.717, 1.165) is 11.4 Å². The van der Waals surface area contributed by atoms with Crippen molar-refractivity contribution in [3.8, 4) is 5.75 Å². The summed E-state index contributed by atoms with van der Waals surface area (Å²) in [5, 5.41) is 31.2. The summed E-state index contributed by atoms with van der Waals surface area (Å²) < 4.78 is 10.3. The summed E-state index contributed by atoms with van der Waals surface area (Å²) in [6.07, 6.45) is -3.68. The van der Waals surface area contributed by atoms with Crippen LogP contribution in [0, 0.1) is 0 Å². The minimum Gasteiger partial charge on any atom is -0.497 e. The fourth-order valence-electron chi connectivity index (χ4n) is 1.87. The fourth-order valence-corrected chi connectivity index (χ4v) is 1.87. The topological polar surface area (TPSA) is 91.2 Å². The summed E-state index contributed by atoms with van der Waals surface area (Å²) in [6.45, 7) is -0.334. The van der Waals surface area contributed by atoms with E-state index in [9.17, 15) is 10.2 Å². The van der Waals surface area contributed by atoms with Gasteiger partial charge >= 0.3 is 0 Å². The highest BCUT2D eigenvalue weighted by molar-refractivity contribution is 5.47. The molecule has 100 valence electrons. The van der Waals surface area contributed by atoms with Gasteiger partial charge in [-0.2, -0.15) is 0 Å². The van der Waals surface area contributed by atoms with Crippen LogP contribution in [-0.4, -0.2) is 53.6 Å². The third-order valence-corrected chi connectivity index (χ3v) is 2.94. The molecule has 6 heteroatoms. The molecular formula is C12H17NO5. The van der Waals surface area contributed by atoms with E-state index in [-0.39, 0.29) is 6.61 Å². The largest absolute Gasteiger partial charge is 0.497 e. The average Bonchev–Trinajstić information content (AvgIpc) is 2.67. The van der Waals surface area contributed by atoms with Crippen molar-refractivity contribution in [3.63, 3.8) is 0 Å². The quantitative estimate of drug-likeness (QED) is 0.582. The van der Waals surface area contributed by atoms with Crippen LogP contribution in [0.25, 0.3) is 0 Å². The molecule has 6 nitrogen and oxygen atoms in total. The first kappa shape index (κ1) is 13.1. The predicted molar refractivity (Wildman–Crippen MR) is 64.4 cm³/mol. The Kier molecular flexibility index (Phi) is 4.03. The molecule has 1 fully saturated rings. The summed E-state index contributed by atoms with van der Waals surface area (Å²) in [7, 11) is 1.58. The van der Waals surface area contributed by atoms with Gasteiger partial charge in [-0.25, -0.2) is 0 Å². The highest BCUT2D eigenvalue weighted by Gasteiger charge is 2.42. The SMILES string of the molecule is COc1ccc(N[C@H]2O[C@@H](CO)[C@@H](O)[C@@H]2O)cc1. The minimum atomic E-state index is -1.09. The zero-order chi connectivity index (χ0) is 13.1. The van der Waals surface area contributed by atoms with Crippen molar-refractivity contribution in [2.45, 2.75) is 24.5 Å². The van der Waals surface area contributed by atoms with Gasteiger partial charge in [0.05, 0.1) is 13.7 Å². The number of hydrogen-bond donors (Lipinski definition) is 4. The van der Waals surface area contributed by atoms with Crippen molar-refractivity contribution in [2.24, 2.45) is 0 Å². The maximum Gasteiger partial charge on any atom is 0.157 e. The lowest BCUT2D eigenvalue weighted by molar-refractivity contribution is -0.0153. The van der Waals surface area contributed by atoms with Gasteiger partial charge in [-0.1, -0.05) is 0 Å². The molecule has 1 saturated heterocycles. The summed E-state index contributed by atoms with van der Waals surface area (Å²) >= 11 is 0. The zero-order valence-electron chi connectivity index (χ0n) is 9.98. The van der Waals surface area contributed by atoms with Crippen LogP contribution in [0.3, 0.4) is 0 Å². The summed E-state index contributed by atoms with van der Waals surface area (Å²) in [5.74, 6) is 0.724. The molecule has 0 unspecified atom stereocenters. The Bertz CT molecular complexity index is 383. The molecule has 1 aromatic carbocycles. The molecule has 0 radical (unpaired) electrons. The first-order chi connectivity index (χ1) is 8.65. The molecule has 0 spiro atoms. The molecule has 0 aliphatic carbocycles. The standard InChI is InChI=1S/C12H17NO5/c1-17-8-4-2-7(3-5-8)13-12-11(16)10(15)9(6-14)18-12/h2-5,9-16H,6H2,1H3/t9-,10+,11-,12-/m0/s1. The Hall–Kier alpha value is -1.34. The number of aliphatic hydroxyl groups excluding tert-OH is 3. The van der Waals surface area contributed by atoms with Crippen molar-refractivity contribution in [3.05, 3.63) is 24.3 Å². The van der Waals surface area contributed by atoms with Crippen molar-refractivity contribution >= 4 is 5.69 Å². The number of nitrogens with one attached hydrogen (secondary N) is 1. The van der Waals surface area contributed by atoms with E-state index in [1.165, 1.54) is 0 Å². The Morgan fingerprint density at radius 3 is 2.39 bits per heavy atom. The van der Waals surface area contributed by atoms with E-state index in [1.54, 1.807) is 31.4 Å². The van der Waals surface area contributed by atoms with Gasteiger partial charge in [-0.3, -0.25) is 0 Å². The smallest absolute Gasteiger partial charge is 0.157 e. The predicted octanol–water partition coefficient (Wildman–Crippen LogP) is -0.454. The minimum absolute atomic E-state index is 0.334. The van der Waals surface area contributed by atoms with Crippen LogP contribution in [0.2, 0.25) is 0 Å². The van der Waals surface area contributed by atoms with Crippen molar-refractivity contribution in [2.75, 3.05) is 19.0 Å². The van der Waals surface area contributed by atoms with Crippen LogP contribution in [0.5, 0.6) is 5.75 Å². The Morgan fingerprint density at radius 1 is 1.22 bits per heavy atom. The first-order valence-electron chi connectivity index (χ1n) is 5.68. The van der Waals surface area contributed by atoms with Crippen LogP contribution < -0.4 is 10.1 Å². The molecule has 1 heterocycles. The van der Waals surface area contributed by atoms with Crippen molar-refractivity contribution in [1.29, 1.82) is 0 Å². The normalized spacial score (nSPS) is 31.3. The van der Waals surface area contributed by atoms with Crippen molar-refractivity contribution < 1.29 is 24.8 Å². The number of anilines is 1. The molecule has 1 aliphatic rings. The zero-order valence-corrected chi connectivity index (χ0v) is 9.98. The van der Waals surface area contributed by atoms with Gasteiger partial charge in [0.1, 0.15) is 24.1 Å². The fraction of sp³-hybridized carbons (Fsp3) is 0.500. The van der Waals surface area contributed by atoms with Crippen LogP contribution in [0.1, 0.15) is 0 Å². The highest BCUT2D eigenvalue weighted by atomic mass is 16.6. The van der Waals surface area contributed by atoms with Gasteiger partial charge in [-0.05, 0) is 24.3 Å². The number of aliphatic hydroxyl groups is 3. The van der Waals surface area contributed by atoms with Gasteiger partial charge < -0.3 is 30.1 Å². The average molecular weight is 255 g/mol. The molecule has 1 aromatic rings. The van der Waals surface area contributed by atoms with Gasteiger partial charge in [0.25, 0.3) is 0 Å². The summed E-state index contributed by atoms with van der Waals surface area (Å²) in [4.78, 5) is 0. The van der Waals surface area contributed by atoms with E-state index in [2.05, 4.69) is 5.32 Å². The van der Waals surface area contributed by atoms with E-state index < -0.39 is 24.5 Å². The van der Waals surface area contributed by atoms with Gasteiger partial charge in [-0.15, -0.1) is 0 Å². The van der Waals surface area contributed by atoms with E-state index >= 15 is 0 Å². The Morgan fingerprint density at radius 2 is 1.89 bits per heavy atom. The second-order valence-corrected chi connectivity index (χ2v) is 4.13. The monoisotopic (exact) mass is 255 g/mol. The van der Waals surface area contributed by atoms with E-state index in [4.69, 9.17) is 14.6 Å². The van der Waals surface area contributed by atoms with Gasteiger partial charge in [0, 0.05) is 5.69 Å². The van der Waals surface area contributed by atoms with E-state index in [0.29, 0.717) is 0 Å². The second-order valence-electron chi connectivity index (χ2n) is 4.13. The van der Waals surface area contributed by atoms with E-state index in [1.807, 2.05) is 0 Å². The molecule has 18 heavy (non-hydrogen) atoms. The lowest BCUT2D eigenvalue weighted by Gasteiger charge is -2.17. The Balaban J connectivity index is 2.00.